The lowest BCUT2D eigenvalue weighted by Crippen LogP contribution is -2.42. The molecule has 0 bridgehead atoms. The first-order valence-corrected chi connectivity index (χ1v) is 11.6. The van der Waals surface area contributed by atoms with E-state index >= 15 is 0 Å². The second kappa shape index (κ2) is 12.4. The Bertz CT molecular complexity index is 262. The molecular formula is C12H31NO5Si3. The molecule has 0 aliphatic heterocycles. The van der Waals surface area contributed by atoms with Crippen molar-refractivity contribution in [1.29, 1.82) is 0 Å². The Kier molecular flexibility index (Phi) is 12.2. The Balaban J connectivity index is 4.80. The first-order chi connectivity index (χ1) is 10.0. The predicted molar refractivity (Wildman–Crippen MR) is 93.1 cm³/mol. The molecule has 0 saturated heterocycles. The fraction of sp³-hybridized carbons (Fsp3) is 0.917. The lowest BCUT2D eigenvalue weighted by Gasteiger charge is -2.33. The van der Waals surface area contributed by atoms with Gasteiger partial charge in [0.15, 0.2) is 29.3 Å². The van der Waals surface area contributed by atoms with Crippen molar-refractivity contribution in [3.05, 3.63) is 0 Å². The Morgan fingerprint density at radius 2 is 1.43 bits per heavy atom. The summed E-state index contributed by atoms with van der Waals surface area (Å²) in [6, 6.07) is 0. The van der Waals surface area contributed by atoms with Crippen LogP contribution in [-0.2, 0) is 13.3 Å². The van der Waals surface area contributed by atoms with Crippen LogP contribution in [0.1, 0.15) is 34.1 Å². The minimum Gasteiger partial charge on any atom is -0.465 e. The van der Waals surface area contributed by atoms with Crippen molar-refractivity contribution < 1.29 is 23.2 Å². The molecule has 0 atom stereocenters. The van der Waals surface area contributed by atoms with Gasteiger partial charge in [0, 0.05) is 37.2 Å². The second-order valence-corrected chi connectivity index (χ2v) is 14.6. The highest BCUT2D eigenvalue weighted by atomic mass is 28.4. The molecule has 9 heteroatoms. The van der Waals surface area contributed by atoms with Gasteiger partial charge < -0.3 is 23.3 Å². The minimum absolute atomic E-state index is 0.116. The maximum Gasteiger partial charge on any atom is 0.407 e. The number of rotatable bonds is 13. The van der Waals surface area contributed by atoms with Gasteiger partial charge in [0.25, 0.3) is 0 Å². The highest BCUT2D eigenvalue weighted by Crippen LogP contribution is 2.28. The molecule has 0 aromatic rings. The zero-order chi connectivity index (χ0) is 16.1. The fourth-order valence-electron chi connectivity index (χ4n) is 2.06. The first-order valence-electron chi connectivity index (χ1n) is 7.76. The van der Waals surface area contributed by atoms with Crippen molar-refractivity contribution in [1.82, 2.24) is 4.90 Å². The van der Waals surface area contributed by atoms with E-state index in [2.05, 4.69) is 0 Å². The molecule has 0 heterocycles. The van der Waals surface area contributed by atoms with Gasteiger partial charge >= 0.3 is 6.09 Å². The van der Waals surface area contributed by atoms with E-state index in [1.54, 1.807) is 0 Å². The van der Waals surface area contributed by atoms with Crippen LogP contribution in [-0.4, -0.2) is 78.3 Å². The minimum atomic E-state index is -0.847. The van der Waals surface area contributed by atoms with Crippen LogP contribution >= 0.6 is 0 Å². The van der Waals surface area contributed by atoms with E-state index in [4.69, 9.17) is 18.4 Å². The van der Waals surface area contributed by atoms with Crippen LogP contribution in [0.4, 0.5) is 4.79 Å². The molecule has 0 radical (unpaired) electrons. The average Bonchev–Trinajstić information content (AvgIpc) is 2.48. The molecule has 126 valence electrons. The molecule has 6 nitrogen and oxygen atoms in total. The highest BCUT2D eigenvalue weighted by molar-refractivity contribution is 6.74. The van der Waals surface area contributed by atoms with Crippen LogP contribution in [0.15, 0.2) is 0 Å². The second-order valence-electron chi connectivity index (χ2n) is 5.02. The topological polar surface area (TPSA) is 68.2 Å². The van der Waals surface area contributed by atoms with E-state index in [-0.39, 0.29) is 4.28 Å². The molecule has 0 aromatic heterocycles. The monoisotopic (exact) mass is 353 g/mol. The van der Waals surface area contributed by atoms with Crippen LogP contribution in [0.25, 0.3) is 0 Å². The molecule has 0 spiro atoms. The Morgan fingerprint density at radius 3 is 1.71 bits per heavy atom. The quantitative estimate of drug-likeness (QED) is 0.465. The van der Waals surface area contributed by atoms with E-state index < -0.39 is 35.4 Å². The Labute approximate surface area is 135 Å². The van der Waals surface area contributed by atoms with Gasteiger partial charge in [-0.3, -0.25) is 0 Å². The molecule has 1 amide bonds. The van der Waals surface area contributed by atoms with Crippen LogP contribution in [0.2, 0.25) is 4.28 Å². The van der Waals surface area contributed by atoms with Gasteiger partial charge in [-0.2, -0.15) is 0 Å². The number of nitrogens with zero attached hydrogens (tertiary/aromatic N) is 1. The molecule has 0 aromatic carbocycles. The summed E-state index contributed by atoms with van der Waals surface area (Å²) in [7, 11) is -2.23. The van der Waals surface area contributed by atoms with E-state index in [1.807, 2.05) is 27.7 Å². The summed E-state index contributed by atoms with van der Waals surface area (Å²) < 4.78 is 17.5. The van der Waals surface area contributed by atoms with Gasteiger partial charge in [-0.1, -0.05) is 0 Å². The standard InChI is InChI=1S/C12H31NO5Si3/c1-5-13(11(14)15)10-9-12(19-16-6-2,20-17-7-3)21-18-8-4/h5-10,19-21H2,1-4H3,(H,14,15). The van der Waals surface area contributed by atoms with E-state index in [0.717, 1.165) is 26.2 Å². The largest absolute Gasteiger partial charge is 0.465 e. The Morgan fingerprint density at radius 1 is 1.00 bits per heavy atom. The van der Waals surface area contributed by atoms with Gasteiger partial charge in [-0.25, -0.2) is 4.79 Å². The molecule has 1 N–H and O–H groups in total. The zero-order valence-electron chi connectivity index (χ0n) is 13.9. The third-order valence-electron chi connectivity index (χ3n) is 3.40. The molecular weight excluding hydrogens is 322 g/mol. The fourth-order valence-corrected chi connectivity index (χ4v) is 8.48. The molecule has 21 heavy (non-hydrogen) atoms. The van der Waals surface area contributed by atoms with Gasteiger partial charge in [0.05, 0.1) is 0 Å². The highest BCUT2D eigenvalue weighted by Gasteiger charge is 2.34. The summed E-state index contributed by atoms with van der Waals surface area (Å²) in [5, 5.41) is 9.16. The lowest BCUT2D eigenvalue weighted by molar-refractivity contribution is 0.146. The number of hydrogen-bond acceptors (Lipinski definition) is 4. The van der Waals surface area contributed by atoms with Crippen molar-refractivity contribution in [2.75, 3.05) is 32.9 Å². The Hall–Kier alpha value is -0.199. The molecule has 0 saturated carbocycles. The average molecular weight is 354 g/mol. The van der Waals surface area contributed by atoms with Crippen LogP contribution in [0.5, 0.6) is 0 Å². The van der Waals surface area contributed by atoms with Crippen molar-refractivity contribution in [3.63, 3.8) is 0 Å². The normalized spacial score (nSPS) is 15.6. The molecule has 0 rings (SSSR count). The number of carbonyl (C=O) groups is 1. The van der Waals surface area contributed by atoms with Gasteiger partial charge in [-0.15, -0.1) is 0 Å². The van der Waals surface area contributed by atoms with Gasteiger partial charge in [0.1, 0.15) is 0 Å². The predicted octanol–water partition coefficient (Wildman–Crippen LogP) is -0.189. The van der Waals surface area contributed by atoms with Crippen LogP contribution in [0.3, 0.4) is 0 Å². The summed E-state index contributed by atoms with van der Waals surface area (Å²) in [5.41, 5.74) is 0. The summed E-state index contributed by atoms with van der Waals surface area (Å²) >= 11 is 0. The maximum atomic E-state index is 11.2. The number of amides is 1. The van der Waals surface area contributed by atoms with Crippen LogP contribution < -0.4 is 0 Å². The van der Waals surface area contributed by atoms with Crippen molar-refractivity contribution >= 4 is 35.4 Å². The third kappa shape index (κ3) is 8.73. The summed E-state index contributed by atoms with van der Waals surface area (Å²) in [5.74, 6) is 0. The number of hydrogen-bond donors (Lipinski definition) is 1. The number of carboxylic acid groups (broad SMARTS) is 1. The molecule has 0 fully saturated rings. The summed E-state index contributed by atoms with van der Waals surface area (Å²) in [4.78, 5) is 12.6. The first kappa shape index (κ1) is 20.8. The zero-order valence-corrected chi connectivity index (χ0v) is 18.1. The van der Waals surface area contributed by atoms with Crippen molar-refractivity contribution in [3.8, 4) is 0 Å². The van der Waals surface area contributed by atoms with Crippen molar-refractivity contribution in [2.24, 2.45) is 0 Å². The van der Waals surface area contributed by atoms with Gasteiger partial charge in [0.2, 0.25) is 0 Å². The molecule has 0 aliphatic carbocycles. The maximum absolute atomic E-state index is 11.2. The van der Waals surface area contributed by atoms with Gasteiger partial charge in [-0.05, 0) is 34.1 Å². The SMILES string of the molecule is CCO[SiH2]C(CCN(CC)C(=O)O)([SiH2]OCC)[SiH2]OCC. The van der Waals surface area contributed by atoms with Crippen molar-refractivity contribution in [2.45, 2.75) is 38.4 Å². The molecule has 0 unspecified atom stereocenters. The van der Waals surface area contributed by atoms with Crippen LogP contribution in [0, 0.1) is 0 Å². The summed E-state index contributed by atoms with van der Waals surface area (Å²) in [6.07, 6.45) is -0.00159. The molecule has 0 aliphatic rings. The van der Waals surface area contributed by atoms with E-state index in [9.17, 15) is 4.79 Å². The summed E-state index contributed by atoms with van der Waals surface area (Å²) in [6.45, 7) is 11.2. The van der Waals surface area contributed by atoms with E-state index in [1.165, 1.54) is 4.90 Å². The smallest absolute Gasteiger partial charge is 0.407 e. The van der Waals surface area contributed by atoms with E-state index in [0.29, 0.717) is 13.1 Å². The lowest BCUT2D eigenvalue weighted by atomic mass is 10.4. The third-order valence-corrected chi connectivity index (χ3v) is 11.8.